The lowest BCUT2D eigenvalue weighted by molar-refractivity contribution is -0.121. The van der Waals surface area contributed by atoms with Gasteiger partial charge in [-0.3, -0.25) is 10.1 Å². The fourth-order valence-corrected chi connectivity index (χ4v) is 1.83. The van der Waals surface area contributed by atoms with Crippen molar-refractivity contribution in [2.75, 3.05) is 11.9 Å². The summed E-state index contributed by atoms with van der Waals surface area (Å²) in [5, 5.41) is 5.67. The van der Waals surface area contributed by atoms with Crippen LogP contribution < -0.4 is 10.6 Å². The lowest BCUT2D eigenvalue weighted by Gasteiger charge is -2.27. The molecule has 0 spiro atoms. The van der Waals surface area contributed by atoms with Gasteiger partial charge in [-0.1, -0.05) is 6.07 Å². The van der Waals surface area contributed by atoms with Crippen molar-refractivity contribution in [2.45, 2.75) is 32.0 Å². The van der Waals surface area contributed by atoms with E-state index >= 15 is 0 Å². The molecule has 92 valence electrons. The van der Waals surface area contributed by atoms with Crippen molar-refractivity contribution < 1.29 is 9.18 Å². The van der Waals surface area contributed by atoms with Gasteiger partial charge in [0.05, 0.1) is 0 Å². The molecular formula is C12H16FN3O. The summed E-state index contributed by atoms with van der Waals surface area (Å²) in [5.41, 5.74) is -1.52. The number of anilines is 1. The van der Waals surface area contributed by atoms with E-state index in [0.717, 1.165) is 5.56 Å². The third-order valence-electron chi connectivity index (χ3n) is 2.89. The van der Waals surface area contributed by atoms with Gasteiger partial charge in [-0.25, -0.2) is 9.37 Å². The Balaban J connectivity index is 2.28. The summed E-state index contributed by atoms with van der Waals surface area (Å²) >= 11 is 0. The number of nitrogens with one attached hydrogen (secondary N) is 2. The maximum Gasteiger partial charge on any atom is 0.250 e. The lowest BCUT2D eigenvalue weighted by atomic mass is 9.94. The highest BCUT2D eigenvalue weighted by Crippen LogP contribution is 2.33. The van der Waals surface area contributed by atoms with Crippen LogP contribution in [0.2, 0.25) is 0 Å². The van der Waals surface area contributed by atoms with Crippen LogP contribution in [0.5, 0.6) is 0 Å². The molecule has 17 heavy (non-hydrogen) atoms. The molecule has 2 N–H and O–H groups in total. The molecule has 0 aliphatic carbocycles. The fourth-order valence-electron chi connectivity index (χ4n) is 1.83. The van der Waals surface area contributed by atoms with Gasteiger partial charge in [-0.2, -0.15) is 0 Å². The van der Waals surface area contributed by atoms with Crippen LogP contribution >= 0.6 is 0 Å². The second-order valence-electron chi connectivity index (χ2n) is 5.05. The molecule has 2 heterocycles. The molecule has 2 rings (SSSR count). The molecule has 0 saturated heterocycles. The highest BCUT2D eigenvalue weighted by Gasteiger charge is 2.43. The average Bonchev–Trinajstić information content (AvgIpc) is 2.49. The number of fused-ring (bicyclic) bond motifs is 1. The minimum atomic E-state index is -1.37. The molecule has 1 amide bonds. The van der Waals surface area contributed by atoms with Gasteiger partial charge in [0.15, 0.2) is 0 Å². The highest BCUT2D eigenvalue weighted by molar-refractivity contribution is 6.04. The van der Waals surface area contributed by atoms with Crippen LogP contribution in [-0.2, 0) is 10.3 Å². The van der Waals surface area contributed by atoms with Crippen LogP contribution in [-0.4, -0.2) is 23.1 Å². The van der Waals surface area contributed by atoms with Crippen molar-refractivity contribution in [1.29, 1.82) is 0 Å². The van der Waals surface area contributed by atoms with Crippen LogP contribution in [0.1, 0.15) is 26.3 Å². The largest absolute Gasteiger partial charge is 0.308 e. The van der Waals surface area contributed by atoms with Crippen molar-refractivity contribution in [3.8, 4) is 0 Å². The first kappa shape index (κ1) is 12.0. The number of hydrogen-bond donors (Lipinski definition) is 2. The monoisotopic (exact) mass is 237 g/mol. The predicted octanol–water partition coefficient (Wildman–Crippen LogP) is 1.59. The molecule has 1 aromatic heterocycles. The molecule has 4 nitrogen and oxygen atoms in total. The second-order valence-corrected chi connectivity index (χ2v) is 5.05. The van der Waals surface area contributed by atoms with Crippen LogP contribution in [0.25, 0.3) is 0 Å². The molecule has 5 heteroatoms. The number of alkyl halides is 1. The van der Waals surface area contributed by atoms with Gasteiger partial charge >= 0.3 is 0 Å². The summed E-state index contributed by atoms with van der Waals surface area (Å²) in [6, 6.07) is 3.58. The first-order chi connectivity index (χ1) is 7.83. The standard InChI is InChI=1S/C12H16FN3O/c1-11(2,13)7-15-12(3)8-5-4-6-14-9(8)16-10(12)17/h4-6,15H,7H2,1-3H3,(H,14,16,17). The zero-order chi connectivity index (χ0) is 12.7. The molecule has 1 atom stereocenters. The molecule has 0 saturated carbocycles. The maximum absolute atomic E-state index is 13.5. The Hall–Kier alpha value is -1.49. The molecule has 0 fully saturated rings. The van der Waals surface area contributed by atoms with Gasteiger partial charge in [0.25, 0.3) is 0 Å². The Bertz CT molecular complexity index is 455. The average molecular weight is 237 g/mol. The Labute approximate surface area is 99.6 Å². The van der Waals surface area contributed by atoms with Crippen molar-refractivity contribution in [3.63, 3.8) is 0 Å². The minimum Gasteiger partial charge on any atom is -0.308 e. The van der Waals surface area contributed by atoms with E-state index in [1.807, 2.05) is 6.07 Å². The molecule has 0 radical (unpaired) electrons. The number of aromatic nitrogens is 1. The van der Waals surface area contributed by atoms with E-state index in [2.05, 4.69) is 15.6 Å². The Kier molecular flexibility index (Phi) is 2.66. The summed E-state index contributed by atoms with van der Waals surface area (Å²) in [6.07, 6.45) is 1.62. The number of amides is 1. The Morgan fingerprint density at radius 3 is 2.94 bits per heavy atom. The van der Waals surface area contributed by atoms with E-state index in [1.165, 1.54) is 13.8 Å². The van der Waals surface area contributed by atoms with Crippen LogP contribution in [0, 0.1) is 0 Å². The molecule has 0 aromatic carbocycles. The van der Waals surface area contributed by atoms with Gasteiger partial charge in [-0.05, 0) is 26.8 Å². The van der Waals surface area contributed by atoms with Gasteiger partial charge < -0.3 is 5.32 Å². The third kappa shape index (κ3) is 2.15. The van der Waals surface area contributed by atoms with Crippen molar-refractivity contribution in [3.05, 3.63) is 23.9 Å². The van der Waals surface area contributed by atoms with Gasteiger partial charge in [0.1, 0.15) is 17.0 Å². The highest BCUT2D eigenvalue weighted by atomic mass is 19.1. The number of pyridine rings is 1. The summed E-state index contributed by atoms with van der Waals surface area (Å²) < 4.78 is 13.5. The molecule has 1 aliphatic rings. The zero-order valence-electron chi connectivity index (χ0n) is 10.2. The normalized spacial score (nSPS) is 23.4. The zero-order valence-corrected chi connectivity index (χ0v) is 10.2. The van der Waals surface area contributed by atoms with Crippen LogP contribution in [0.3, 0.4) is 0 Å². The summed E-state index contributed by atoms with van der Waals surface area (Å²) in [7, 11) is 0. The molecular weight excluding hydrogens is 221 g/mol. The number of halogens is 1. The van der Waals surface area contributed by atoms with E-state index in [0.29, 0.717) is 5.82 Å². The van der Waals surface area contributed by atoms with Crippen molar-refractivity contribution in [1.82, 2.24) is 10.3 Å². The predicted molar refractivity (Wildman–Crippen MR) is 63.4 cm³/mol. The molecule has 1 aromatic rings. The number of carbonyl (C=O) groups excluding carboxylic acids is 1. The van der Waals surface area contributed by atoms with Crippen molar-refractivity contribution >= 4 is 11.7 Å². The summed E-state index contributed by atoms with van der Waals surface area (Å²) in [5.74, 6) is 0.347. The van der Waals surface area contributed by atoms with E-state index in [1.54, 1.807) is 19.2 Å². The number of hydrogen-bond acceptors (Lipinski definition) is 3. The number of rotatable bonds is 3. The van der Waals surface area contributed by atoms with Crippen LogP contribution in [0.4, 0.5) is 10.2 Å². The molecule has 0 bridgehead atoms. The fraction of sp³-hybridized carbons (Fsp3) is 0.500. The minimum absolute atomic E-state index is 0.102. The quantitative estimate of drug-likeness (QED) is 0.839. The van der Waals surface area contributed by atoms with E-state index in [4.69, 9.17) is 0 Å². The maximum atomic E-state index is 13.5. The smallest absolute Gasteiger partial charge is 0.250 e. The number of carbonyl (C=O) groups is 1. The topological polar surface area (TPSA) is 54.0 Å². The summed E-state index contributed by atoms with van der Waals surface area (Å²) in [6.45, 7) is 4.79. The van der Waals surface area contributed by atoms with Gasteiger partial charge in [0, 0.05) is 18.3 Å². The van der Waals surface area contributed by atoms with E-state index in [9.17, 15) is 9.18 Å². The van der Waals surface area contributed by atoms with E-state index in [-0.39, 0.29) is 12.5 Å². The van der Waals surface area contributed by atoms with Gasteiger partial charge in [0.2, 0.25) is 5.91 Å². The summed E-state index contributed by atoms with van der Waals surface area (Å²) in [4.78, 5) is 16.0. The SMILES string of the molecule is CC(C)(F)CNC1(C)C(=O)Nc2ncccc21. The Morgan fingerprint density at radius 2 is 2.29 bits per heavy atom. The van der Waals surface area contributed by atoms with Gasteiger partial charge in [-0.15, -0.1) is 0 Å². The van der Waals surface area contributed by atoms with Crippen LogP contribution in [0.15, 0.2) is 18.3 Å². The Morgan fingerprint density at radius 1 is 1.59 bits per heavy atom. The molecule has 1 aliphatic heterocycles. The van der Waals surface area contributed by atoms with E-state index < -0.39 is 11.2 Å². The third-order valence-corrected chi connectivity index (χ3v) is 2.89. The van der Waals surface area contributed by atoms with Crippen molar-refractivity contribution in [2.24, 2.45) is 0 Å². The first-order valence-electron chi connectivity index (χ1n) is 5.54. The second kappa shape index (κ2) is 3.77. The first-order valence-corrected chi connectivity index (χ1v) is 5.54. The molecule has 1 unspecified atom stereocenters. The lowest BCUT2D eigenvalue weighted by Crippen LogP contribution is -2.49. The number of nitrogens with zero attached hydrogens (tertiary/aromatic N) is 1.